The van der Waals surface area contributed by atoms with Crippen molar-refractivity contribution in [3.63, 3.8) is 0 Å². The molecule has 2 nitrogen and oxygen atoms in total. The minimum Gasteiger partial charge on any atom is -0.489 e. The van der Waals surface area contributed by atoms with Crippen LogP contribution in [0.3, 0.4) is 0 Å². The maximum absolute atomic E-state index is 9.06. The lowest BCUT2D eigenvalue weighted by molar-refractivity contribution is 0.120. The highest BCUT2D eigenvalue weighted by Gasteiger charge is 2.26. The van der Waals surface area contributed by atoms with Crippen LogP contribution in [-0.4, -0.2) is 6.10 Å². The van der Waals surface area contributed by atoms with E-state index < -0.39 is 0 Å². The fraction of sp³-hybridized carbons (Fsp3) is 0.500. The Hall–Kier alpha value is -1.49. The molecule has 16 heavy (non-hydrogen) atoms. The average Bonchev–Trinajstić information content (AvgIpc) is 2.30. The van der Waals surface area contributed by atoms with Crippen molar-refractivity contribution in [2.24, 2.45) is 5.92 Å². The Kier molecular flexibility index (Phi) is 3.46. The fourth-order valence-corrected chi connectivity index (χ4v) is 2.25. The highest BCUT2D eigenvalue weighted by molar-refractivity contribution is 5.27. The van der Waals surface area contributed by atoms with E-state index in [0.717, 1.165) is 25.0 Å². The molecule has 2 unspecified atom stereocenters. The van der Waals surface area contributed by atoms with E-state index in [0.29, 0.717) is 0 Å². The van der Waals surface area contributed by atoms with Gasteiger partial charge in [0.15, 0.2) is 0 Å². The molecule has 0 N–H and O–H groups in total. The van der Waals surface area contributed by atoms with Gasteiger partial charge in [0.25, 0.3) is 0 Å². The predicted octanol–water partition coefficient (Wildman–Crippen LogP) is 3.46. The van der Waals surface area contributed by atoms with Crippen LogP contribution in [-0.2, 0) is 0 Å². The van der Waals surface area contributed by atoms with Crippen molar-refractivity contribution < 1.29 is 4.74 Å². The number of aryl methyl sites for hydroxylation is 1. The van der Waals surface area contributed by atoms with E-state index in [4.69, 9.17) is 10.00 Å². The molecule has 0 spiro atoms. The maximum Gasteiger partial charge on any atom is 0.120 e. The van der Waals surface area contributed by atoms with Crippen LogP contribution in [0.2, 0.25) is 0 Å². The van der Waals surface area contributed by atoms with Gasteiger partial charge in [0.2, 0.25) is 0 Å². The Balaban J connectivity index is 2.05. The number of hydrogen-bond donors (Lipinski definition) is 0. The second kappa shape index (κ2) is 5.03. The lowest BCUT2D eigenvalue weighted by Crippen LogP contribution is -2.29. The van der Waals surface area contributed by atoms with Crippen LogP contribution in [0.5, 0.6) is 5.75 Å². The molecule has 1 fully saturated rings. The van der Waals surface area contributed by atoms with Gasteiger partial charge in [-0.25, -0.2) is 0 Å². The molecule has 0 saturated heterocycles. The van der Waals surface area contributed by atoms with Crippen molar-refractivity contribution in [3.8, 4) is 11.8 Å². The summed E-state index contributed by atoms with van der Waals surface area (Å²) in [5.74, 6) is 0.960. The van der Waals surface area contributed by atoms with E-state index in [9.17, 15) is 0 Å². The smallest absolute Gasteiger partial charge is 0.120 e. The first-order valence-electron chi connectivity index (χ1n) is 5.92. The fourth-order valence-electron chi connectivity index (χ4n) is 2.25. The minimum absolute atomic E-state index is 0.0641. The molecular formula is C14H17NO. The van der Waals surface area contributed by atoms with Gasteiger partial charge in [0.05, 0.1) is 12.0 Å². The second-order valence-electron chi connectivity index (χ2n) is 4.49. The Morgan fingerprint density at radius 2 is 2.12 bits per heavy atom. The standard InChI is InChI=1S/C14H17NO/c1-11-5-4-7-13(9-11)16-14-8-3-2-6-12(14)10-15/h4-5,7,9,12,14H,2-3,6,8H2,1H3. The van der Waals surface area contributed by atoms with Crippen LogP contribution in [0, 0.1) is 24.2 Å². The summed E-state index contributed by atoms with van der Waals surface area (Å²) in [5, 5.41) is 9.06. The molecule has 0 amide bonds. The lowest BCUT2D eigenvalue weighted by atomic mass is 9.87. The maximum atomic E-state index is 9.06. The Morgan fingerprint density at radius 1 is 1.31 bits per heavy atom. The van der Waals surface area contributed by atoms with E-state index in [-0.39, 0.29) is 12.0 Å². The SMILES string of the molecule is Cc1cccc(OC2CCCCC2C#N)c1. The topological polar surface area (TPSA) is 33.0 Å². The zero-order valence-corrected chi connectivity index (χ0v) is 9.65. The summed E-state index contributed by atoms with van der Waals surface area (Å²) in [7, 11) is 0. The highest BCUT2D eigenvalue weighted by atomic mass is 16.5. The third kappa shape index (κ3) is 2.55. The van der Waals surface area contributed by atoms with E-state index in [1.807, 2.05) is 18.2 Å². The Morgan fingerprint density at radius 3 is 2.88 bits per heavy atom. The summed E-state index contributed by atoms with van der Waals surface area (Å²) in [6, 6.07) is 10.4. The normalized spacial score (nSPS) is 24.8. The van der Waals surface area contributed by atoms with Gasteiger partial charge in [-0.3, -0.25) is 0 Å². The number of benzene rings is 1. The Labute approximate surface area is 96.9 Å². The molecule has 2 rings (SSSR count). The molecule has 0 heterocycles. The van der Waals surface area contributed by atoms with Gasteiger partial charge in [-0.15, -0.1) is 0 Å². The van der Waals surface area contributed by atoms with E-state index in [2.05, 4.69) is 19.1 Å². The molecule has 2 atom stereocenters. The van der Waals surface area contributed by atoms with Gasteiger partial charge < -0.3 is 4.74 Å². The summed E-state index contributed by atoms with van der Waals surface area (Å²) < 4.78 is 5.92. The molecule has 1 aromatic carbocycles. The summed E-state index contributed by atoms with van der Waals surface area (Å²) in [6.45, 7) is 2.05. The van der Waals surface area contributed by atoms with Crippen molar-refractivity contribution in [2.75, 3.05) is 0 Å². The highest BCUT2D eigenvalue weighted by Crippen LogP contribution is 2.28. The van der Waals surface area contributed by atoms with Gasteiger partial charge >= 0.3 is 0 Å². The van der Waals surface area contributed by atoms with Gasteiger partial charge in [0, 0.05) is 0 Å². The monoisotopic (exact) mass is 215 g/mol. The summed E-state index contributed by atoms with van der Waals surface area (Å²) in [4.78, 5) is 0. The molecule has 0 bridgehead atoms. The van der Waals surface area contributed by atoms with E-state index in [1.54, 1.807) is 0 Å². The van der Waals surface area contributed by atoms with Crippen molar-refractivity contribution in [1.29, 1.82) is 5.26 Å². The molecule has 1 aliphatic carbocycles. The van der Waals surface area contributed by atoms with Crippen LogP contribution in [0.25, 0.3) is 0 Å². The molecule has 0 aliphatic heterocycles. The van der Waals surface area contributed by atoms with E-state index >= 15 is 0 Å². The van der Waals surface area contributed by atoms with Crippen LogP contribution >= 0.6 is 0 Å². The molecule has 1 saturated carbocycles. The molecule has 84 valence electrons. The molecule has 1 aromatic rings. The summed E-state index contributed by atoms with van der Waals surface area (Å²) in [5.41, 5.74) is 1.20. The van der Waals surface area contributed by atoms with Crippen LogP contribution in [0.15, 0.2) is 24.3 Å². The number of hydrogen-bond acceptors (Lipinski definition) is 2. The summed E-state index contributed by atoms with van der Waals surface area (Å²) in [6.07, 6.45) is 4.40. The lowest BCUT2D eigenvalue weighted by Gasteiger charge is -2.27. The molecule has 2 heteroatoms. The summed E-state index contributed by atoms with van der Waals surface area (Å²) >= 11 is 0. The van der Waals surface area contributed by atoms with E-state index in [1.165, 1.54) is 12.0 Å². The molecule has 0 aromatic heterocycles. The number of rotatable bonds is 2. The molecular weight excluding hydrogens is 198 g/mol. The first-order valence-corrected chi connectivity index (χ1v) is 5.92. The zero-order valence-electron chi connectivity index (χ0n) is 9.65. The quantitative estimate of drug-likeness (QED) is 0.757. The minimum atomic E-state index is 0.0641. The third-order valence-corrected chi connectivity index (χ3v) is 3.15. The van der Waals surface area contributed by atoms with Crippen LogP contribution in [0.1, 0.15) is 31.2 Å². The predicted molar refractivity (Wildman–Crippen MR) is 63.2 cm³/mol. The third-order valence-electron chi connectivity index (χ3n) is 3.15. The first-order chi connectivity index (χ1) is 7.79. The number of nitriles is 1. The molecule has 0 radical (unpaired) electrons. The van der Waals surface area contributed by atoms with Crippen LogP contribution < -0.4 is 4.74 Å². The van der Waals surface area contributed by atoms with Crippen molar-refractivity contribution in [2.45, 2.75) is 38.7 Å². The largest absolute Gasteiger partial charge is 0.489 e. The Bertz CT molecular complexity index is 394. The number of ether oxygens (including phenoxy) is 1. The molecule has 1 aliphatic rings. The van der Waals surface area contributed by atoms with Crippen molar-refractivity contribution in [3.05, 3.63) is 29.8 Å². The zero-order chi connectivity index (χ0) is 11.4. The van der Waals surface area contributed by atoms with Crippen molar-refractivity contribution >= 4 is 0 Å². The van der Waals surface area contributed by atoms with Crippen molar-refractivity contribution in [1.82, 2.24) is 0 Å². The van der Waals surface area contributed by atoms with Gasteiger partial charge in [-0.2, -0.15) is 5.26 Å². The second-order valence-corrected chi connectivity index (χ2v) is 4.49. The number of nitrogens with zero attached hydrogens (tertiary/aromatic N) is 1. The van der Waals surface area contributed by atoms with Crippen LogP contribution in [0.4, 0.5) is 0 Å². The van der Waals surface area contributed by atoms with Gasteiger partial charge in [-0.1, -0.05) is 18.6 Å². The average molecular weight is 215 g/mol. The first kappa shape index (κ1) is 11.0. The van der Waals surface area contributed by atoms with Gasteiger partial charge in [-0.05, 0) is 43.9 Å². The van der Waals surface area contributed by atoms with Gasteiger partial charge in [0.1, 0.15) is 11.9 Å².